The highest BCUT2D eigenvalue weighted by atomic mass is 35.5. The average Bonchev–Trinajstić information content (AvgIpc) is 2.71. The lowest BCUT2D eigenvalue weighted by Crippen LogP contribution is -2.58. The number of nitrogens with zero attached hydrogens (tertiary/aromatic N) is 3. The van der Waals surface area contributed by atoms with E-state index in [4.69, 9.17) is 11.6 Å². The minimum atomic E-state index is 0.140. The van der Waals surface area contributed by atoms with E-state index in [-0.39, 0.29) is 5.41 Å². The van der Waals surface area contributed by atoms with Gasteiger partial charge in [-0.2, -0.15) is 0 Å². The van der Waals surface area contributed by atoms with Crippen molar-refractivity contribution in [2.24, 2.45) is 7.05 Å². The maximum atomic E-state index is 5.95. The zero-order valence-corrected chi connectivity index (χ0v) is 11.0. The summed E-state index contributed by atoms with van der Waals surface area (Å²) in [5.74, 6) is 0. The number of aryl methyl sites for hydroxylation is 1. The van der Waals surface area contributed by atoms with E-state index in [2.05, 4.69) is 27.8 Å². The van der Waals surface area contributed by atoms with E-state index in [9.17, 15) is 0 Å². The van der Waals surface area contributed by atoms with Crippen molar-refractivity contribution in [2.45, 2.75) is 11.8 Å². The molecule has 0 unspecified atom stereocenters. The summed E-state index contributed by atoms with van der Waals surface area (Å²) in [7, 11) is 1.89. The van der Waals surface area contributed by atoms with Gasteiger partial charge in [0, 0.05) is 43.2 Å². The zero-order valence-electron chi connectivity index (χ0n) is 10.2. The molecule has 0 atom stereocenters. The zero-order chi connectivity index (χ0) is 12.6. The third kappa shape index (κ3) is 2.02. The lowest BCUT2D eigenvalue weighted by Gasteiger charge is -2.43. The predicted octanol–water partition coefficient (Wildman–Crippen LogP) is 1.55. The molecule has 5 heteroatoms. The molecule has 0 spiro atoms. The Hall–Kier alpha value is -1.39. The smallest absolute Gasteiger partial charge is 0.0836 e. The van der Waals surface area contributed by atoms with Crippen molar-refractivity contribution in [3.8, 4) is 0 Å². The number of halogens is 1. The molecule has 1 aliphatic heterocycles. The summed E-state index contributed by atoms with van der Waals surface area (Å²) in [4.78, 5) is 0. The van der Waals surface area contributed by atoms with E-state index in [0.29, 0.717) is 0 Å². The summed E-state index contributed by atoms with van der Waals surface area (Å²) < 4.78 is 1.75. The Labute approximate surface area is 111 Å². The summed E-state index contributed by atoms with van der Waals surface area (Å²) >= 11 is 5.95. The van der Waals surface area contributed by atoms with E-state index in [1.54, 1.807) is 4.68 Å². The van der Waals surface area contributed by atoms with Crippen molar-refractivity contribution in [1.29, 1.82) is 0 Å². The van der Waals surface area contributed by atoms with Crippen LogP contribution in [-0.2, 0) is 18.9 Å². The minimum absolute atomic E-state index is 0.140. The lowest BCUT2D eigenvalue weighted by molar-refractivity contribution is 0.272. The maximum Gasteiger partial charge on any atom is 0.0836 e. The highest BCUT2D eigenvalue weighted by Gasteiger charge is 2.39. The number of hydrogen-bond donors (Lipinski definition) is 1. The third-order valence-electron chi connectivity index (χ3n) is 3.55. The van der Waals surface area contributed by atoms with Crippen LogP contribution in [0.1, 0.15) is 11.3 Å². The first-order valence-corrected chi connectivity index (χ1v) is 6.38. The highest BCUT2D eigenvalue weighted by molar-refractivity contribution is 6.30. The van der Waals surface area contributed by atoms with E-state index in [1.807, 2.05) is 25.4 Å². The molecule has 0 radical (unpaired) electrons. The van der Waals surface area contributed by atoms with Gasteiger partial charge in [0.2, 0.25) is 0 Å². The summed E-state index contributed by atoms with van der Waals surface area (Å²) in [5, 5.41) is 12.3. The Balaban J connectivity index is 1.88. The second kappa shape index (κ2) is 4.37. The normalized spacial score (nSPS) is 17.4. The fraction of sp³-hybridized carbons (Fsp3) is 0.385. The van der Waals surface area contributed by atoms with Gasteiger partial charge in [-0.1, -0.05) is 28.9 Å². The molecule has 0 aliphatic carbocycles. The molecular formula is C13H15ClN4. The summed E-state index contributed by atoms with van der Waals surface area (Å²) in [5.41, 5.74) is 2.49. The fourth-order valence-corrected chi connectivity index (χ4v) is 2.61. The molecule has 0 amide bonds. The van der Waals surface area contributed by atoms with Crippen molar-refractivity contribution in [1.82, 2.24) is 20.3 Å². The molecule has 3 rings (SSSR count). The second-order valence-corrected chi connectivity index (χ2v) is 5.39. The quantitative estimate of drug-likeness (QED) is 0.913. The van der Waals surface area contributed by atoms with Crippen molar-refractivity contribution < 1.29 is 0 Å². The molecule has 1 N–H and O–H groups in total. The molecule has 18 heavy (non-hydrogen) atoms. The third-order valence-corrected chi connectivity index (χ3v) is 3.80. The molecular weight excluding hydrogens is 248 g/mol. The molecule has 94 valence electrons. The number of hydrogen-bond acceptors (Lipinski definition) is 3. The Morgan fingerprint density at radius 2 is 2.06 bits per heavy atom. The maximum absolute atomic E-state index is 5.95. The summed E-state index contributed by atoms with van der Waals surface area (Å²) in [6.45, 7) is 1.95. The van der Waals surface area contributed by atoms with Crippen LogP contribution in [-0.4, -0.2) is 28.1 Å². The molecule has 2 heterocycles. The Kier molecular flexibility index (Phi) is 2.84. The van der Waals surface area contributed by atoms with Gasteiger partial charge in [0.25, 0.3) is 0 Å². The first-order chi connectivity index (χ1) is 8.68. The van der Waals surface area contributed by atoms with Gasteiger partial charge in [-0.15, -0.1) is 5.10 Å². The van der Waals surface area contributed by atoms with Crippen LogP contribution in [0.2, 0.25) is 5.02 Å². The number of rotatable bonds is 3. The van der Waals surface area contributed by atoms with E-state index in [1.165, 1.54) is 5.56 Å². The SMILES string of the molecule is Cn1cc(CC2(c3ccc(Cl)cc3)CNC2)nn1. The van der Waals surface area contributed by atoms with Crippen molar-refractivity contribution >= 4 is 11.6 Å². The number of nitrogens with one attached hydrogen (secondary N) is 1. The Morgan fingerprint density at radius 3 is 2.56 bits per heavy atom. The van der Waals surface area contributed by atoms with Gasteiger partial charge in [-0.05, 0) is 17.7 Å². The molecule has 1 aliphatic rings. The molecule has 0 bridgehead atoms. The molecule has 0 saturated carbocycles. The number of benzene rings is 1. The second-order valence-electron chi connectivity index (χ2n) is 4.95. The van der Waals surface area contributed by atoms with E-state index in [0.717, 1.165) is 30.2 Å². The molecule has 1 aromatic carbocycles. The van der Waals surface area contributed by atoms with Gasteiger partial charge in [0.1, 0.15) is 0 Å². The first kappa shape index (κ1) is 11.7. The van der Waals surface area contributed by atoms with Gasteiger partial charge < -0.3 is 5.32 Å². The predicted molar refractivity (Wildman–Crippen MR) is 70.7 cm³/mol. The monoisotopic (exact) mass is 262 g/mol. The van der Waals surface area contributed by atoms with E-state index < -0.39 is 0 Å². The lowest BCUT2D eigenvalue weighted by atomic mass is 9.72. The average molecular weight is 263 g/mol. The molecule has 1 saturated heterocycles. The van der Waals surface area contributed by atoms with Gasteiger partial charge >= 0.3 is 0 Å². The van der Waals surface area contributed by atoms with Gasteiger partial charge in [0.05, 0.1) is 5.69 Å². The van der Waals surface area contributed by atoms with Crippen molar-refractivity contribution in [3.63, 3.8) is 0 Å². The number of aromatic nitrogens is 3. The van der Waals surface area contributed by atoms with Crippen molar-refractivity contribution in [3.05, 3.63) is 46.7 Å². The standard InChI is InChI=1S/C13H15ClN4/c1-18-7-12(16-17-18)6-13(8-15-9-13)10-2-4-11(14)5-3-10/h2-5,7,15H,6,8-9H2,1H3. The molecule has 1 aromatic heterocycles. The van der Waals surface area contributed by atoms with Crippen LogP contribution in [0, 0.1) is 0 Å². The van der Waals surface area contributed by atoms with Crippen LogP contribution < -0.4 is 5.32 Å². The highest BCUT2D eigenvalue weighted by Crippen LogP contribution is 2.32. The minimum Gasteiger partial charge on any atom is -0.315 e. The Morgan fingerprint density at radius 1 is 1.33 bits per heavy atom. The molecule has 4 nitrogen and oxygen atoms in total. The van der Waals surface area contributed by atoms with Gasteiger partial charge in [-0.25, -0.2) is 0 Å². The van der Waals surface area contributed by atoms with Crippen LogP contribution in [0.4, 0.5) is 0 Å². The van der Waals surface area contributed by atoms with E-state index >= 15 is 0 Å². The van der Waals surface area contributed by atoms with Gasteiger partial charge in [-0.3, -0.25) is 4.68 Å². The van der Waals surface area contributed by atoms with Crippen LogP contribution in [0.3, 0.4) is 0 Å². The summed E-state index contributed by atoms with van der Waals surface area (Å²) in [6, 6.07) is 8.13. The van der Waals surface area contributed by atoms with Crippen LogP contribution in [0.25, 0.3) is 0 Å². The van der Waals surface area contributed by atoms with Crippen LogP contribution >= 0.6 is 11.6 Å². The fourth-order valence-electron chi connectivity index (χ4n) is 2.48. The van der Waals surface area contributed by atoms with Gasteiger partial charge in [0.15, 0.2) is 0 Å². The summed E-state index contributed by atoms with van der Waals surface area (Å²) in [6.07, 6.45) is 2.89. The Bertz CT molecular complexity index is 542. The topological polar surface area (TPSA) is 42.7 Å². The molecule has 1 fully saturated rings. The largest absolute Gasteiger partial charge is 0.315 e. The van der Waals surface area contributed by atoms with Crippen molar-refractivity contribution in [2.75, 3.05) is 13.1 Å². The van der Waals surface area contributed by atoms with Crippen LogP contribution in [0.5, 0.6) is 0 Å². The molecule has 2 aromatic rings. The van der Waals surface area contributed by atoms with Crippen LogP contribution in [0.15, 0.2) is 30.5 Å². The first-order valence-electron chi connectivity index (χ1n) is 6.00.